The predicted molar refractivity (Wildman–Crippen MR) is 97.8 cm³/mol. The number of H-pyrrole nitrogens is 2. The molecule has 3 aromatic rings. The van der Waals surface area contributed by atoms with Crippen molar-refractivity contribution in [2.75, 3.05) is 7.05 Å². The quantitative estimate of drug-likeness (QED) is 0.679. The molecule has 0 aliphatic heterocycles. The van der Waals surface area contributed by atoms with Gasteiger partial charge in [0.2, 0.25) is 0 Å². The molecule has 0 aliphatic rings. The van der Waals surface area contributed by atoms with E-state index < -0.39 is 0 Å². The van der Waals surface area contributed by atoms with Gasteiger partial charge >= 0.3 is 0 Å². The topological polar surface area (TPSA) is 95.5 Å². The van der Waals surface area contributed by atoms with Crippen LogP contribution < -0.4 is 0 Å². The molecule has 0 spiro atoms. The fourth-order valence-electron chi connectivity index (χ4n) is 2.95. The molecule has 3 rings (SSSR count). The van der Waals surface area contributed by atoms with Crippen molar-refractivity contribution >= 4 is 5.91 Å². The van der Waals surface area contributed by atoms with Crippen molar-refractivity contribution in [1.82, 2.24) is 35.1 Å². The molecule has 3 aromatic heterocycles. The summed E-state index contributed by atoms with van der Waals surface area (Å²) in [5.41, 5.74) is 5.24. The summed E-state index contributed by atoms with van der Waals surface area (Å²) in [7, 11) is 1.76. The number of aromatic amines is 2. The van der Waals surface area contributed by atoms with Crippen molar-refractivity contribution in [2.45, 2.75) is 46.7 Å². The summed E-state index contributed by atoms with van der Waals surface area (Å²) >= 11 is 0. The number of carbonyl (C=O) groups excluding carboxylic acids is 1. The predicted octanol–water partition coefficient (Wildman–Crippen LogP) is 2.22. The zero-order chi connectivity index (χ0) is 18.7. The minimum absolute atomic E-state index is 0.132. The Kier molecular flexibility index (Phi) is 5.20. The van der Waals surface area contributed by atoms with Crippen molar-refractivity contribution in [2.24, 2.45) is 0 Å². The second-order valence-corrected chi connectivity index (χ2v) is 6.66. The van der Waals surface area contributed by atoms with Crippen LogP contribution in [0.25, 0.3) is 0 Å². The molecule has 26 heavy (non-hydrogen) atoms. The molecule has 8 heteroatoms. The summed E-state index contributed by atoms with van der Waals surface area (Å²) in [6.07, 6.45) is 1.98. The molecule has 0 radical (unpaired) electrons. The van der Waals surface area contributed by atoms with E-state index >= 15 is 0 Å². The smallest absolute Gasteiger partial charge is 0.274 e. The van der Waals surface area contributed by atoms with Crippen molar-refractivity contribution in [3.8, 4) is 0 Å². The summed E-state index contributed by atoms with van der Waals surface area (Å²) in [6, 6.07) is 5.81. The molecule has 2 N–H and O–H groups in total. The highest BCUT2D eigenvalue weighted by Gasteiger charge is 2.17. The highest BCUT2D eigenvalue weighted by molar-refractivity contribution is 5.92. The third kappa shape index (κ3) is 4.01. The summed E-state index contributed by atoms with van der Waals surface area (Å²) in [5, 5.41) is 18.8. The molecular weight excluding hydrogens is 330 g/mol. The Balaban J connectivity index is 1.63. The molecular formula is C18H25N7O. The van der Waals surface area contributed by atoms with Gasteiger partial charge in [0.05, 0.1) is 35.9 Å². The fourth-order valence-corrected chi connectivity index (χ4v) is 2.95. The van der Waals surface area contributed by atoms with E-state index in [1.54, 1.807) is 18.0 Å². The van der Waals surface area contributed by atoms with Crippen molar-refractivity contribution < 1.29 is 4.79 Å². The average molecular weight is 355 g/mol. The number of amides is 1. The zero-order valence-electron chi connectivity index (χ0n) is 15.7. The first-order chi connectivity index (χ1) is 12.5. The van der Waals surface area contributed by atoms with Gasteiger partial charge in [-0.15, -0.1) is 0 Å². The lowest BCUT2D eigenvalue weighted by Crippen LogP contribution is -2.26. The number of rotatable bonds is 7. The highest BCUT2D eigenvalue weighted by atomic mass is 16.2. The SMILES string of the molecule is CCCc1cc(CN(C)C(=O)c2cc(Cn3nc(C)cc3C)[nH]n2)[nH]n1. The van der Waals surface area contributed by atoms with E-state index in [9.17, 15) is 4.79 Å². The van der Waals surface area contributed by atoms with E-state index in [2.05, 4.69) is 32.4 Å². The van der Waals surface area contributed by atoms with Gasteiger partial charge in [0.1, 0.15) is 5.69 Å². The highest BCUT2D eigenvalue weighted by Crippen LogP contribution is 2.10. The van der Waals surface area contributed by atoms with Crippen LogP contribution in [0.3, 0.4) is 0 Å². The molecule has 1 amide bonds. The van der Waals surface area contributed by atoms with Gasteiger partial charge in [-0.05, 0) is 38.5 Å². The van der Waals surface area contributed by atoms with Gasteiger partial charge in [0.15, 0.2) is 0 Å². The summed E-state index contributed by atoms with van der Waals surface area (Å²) in [4.78, 5) is 14.2. The first kappa shape index (κ1) is 17.9. The summed E-state index contributed by atoms with van der Waals surface area (Å²) in [5.74, 6) is -0.132. The van der Waals surface area contributed by atoms with E-state index in [-0.39, 0.29) is 5.91 Å². The summed E-state index contributed by atoms with van der Waals surface area (Å²) < 4.78 is 1.89. The van der Waals surface area contributed by atoms with Crippen LogP contribution in [-0.2, 0) is 19.5 Å². The molecule has 0 fully saturated rings. The van der Waals surface area contributed by atoms with E-state index in [0.717, 1.165) is 41.3 Å². The van der Waals surface area contributed by atoms with Gasteiger partial charge in [-0.3, -0.25) is 19.7 Å². The largest absolute Gasteiger partial charge is 0.334 e. The van der Waals surface area contributed by atoms with Crippen molar-refractivity contribution in [1.29, 1.82) is 0 Å². The van der Waals surface area contributed by atoms with E-state index in [1.807, 2.05) is 30.7 Å². The molecule has 0 unspecified atom stereocenters. The first-order valence-electron chi connectivity index (χ1n) is 8.80. The molecule has 0 atom stereocenters. The van der Waals surface area contributed by atoms with E-state index in [4.69, 9.17) is 0 Å². The number of aryl methyl sites for hydroxylation is 3. The third-order valence-electron chi connectivity index (χ3n) is 4.22. The zero-order valence-corrected chi connectivity index (χ0v) is 15.7. The standard InChI is InChI=1S/C18H25N7O/c1-5-6-14-8-15(20-19-14)10-24(4)18(26)17-9-16(21-22-17)11-25-13(3)7-12(2)23-25/h7-9H,5-6,10-11H2,1-4H3,(H,19,20)(H,21,22). The number of nitrogens with one attached hydrogen (secondary N) is 2. The lowest BCUT2D eigenvalue weighted by atomic mass is 10.2. The van der Waals surface area contributed by atoms with E-state index in [0.29, 0.717) is 18.8 Å². The molecule has 0 saturated heterocycles. The number of hydrogen-bond acceptors (Lipinski definition) is 4. The summed E-state index contributed by atoms with van der Waals surface area (Å²) in [6.45, 7) is 7.11. The maximum Gasteiger partial charge on any atom is 0.274 e. The molecule has 0 aliphatic carbocycles. The Bertz CT molecular complexity index is 889. The van der Waals surface area contributed by atoms with E-state index in [1.165, 1.54) is 0 Å². The van der Waals surface area contributed by atoms with Gasteiger partial charge in [-0.25, -0.2) is 0 Å². The minimum Gasteiger partial charge on any atom is -0.334 e. The first-order valence-corrected chi connectivity index (χ1v) is 8.80. The molecule has 3 heterocycles. The number of nitrogens with zero attached hydrogens (tertiary/aromatic N) is 5. The Hall–Kier alpha value is -2.90. The number of hydrogen-bond donors (Lipinski definition) is 2. The van der Waals surface area contributed by atoms with Gasteiger partial charge in [0.25, 0.3) is 5.91 Å². The maximum absolute atomic E-state index is 12.6. The molecule has 138 valence electrons. The Morgan fingerprint density at radius 3 is 2.62 bits per heavy atom. The molecule has 8 nitrogen and oxygen atoms in total. The van der Waals surface area contributed by atoms with Crippen molar-refractivity contribution in [3.63, 3.8) is 0 Å². The average Bonchev–Trinajstić information content (AvgIpc) is 3.30. The second kappa shape index (κ2) is 7.55. The van der Waals surface area contributed by atoms with Crippen molar-refractivity contribution in [3.05, 3.63) is 52.4 Å². The van der Waals surface area contributed by atoms with Crippen LogP contribution in [-0.4, -0.2) is 48.0 Å². The van der Waals surface area contributed by atoms with Gasteiger partial charge in [-0.1, -0.05) is 13.3 Å². The van der Waals surface area contributed by atoms with Crippen LogP contribution in [0.5, 0.6) is 0 Å². The number of carbonyl (C=O) groups is 1. The lowest BCUT2D eigenvalue weighted by Gasteiger charge is -2.14. The Morgan fingerprint density at radius 2 is 1.92 bits per heavy atom. The Labute approximate surface area is 152 Å². The Morgan fingerprint density at radius 1 is 1.15 bits per heavy atom. The van der Waals surface area contributed by atoms with Gasteiger partial charge < -0.3 is 4.90 Å². The lowest BCUT2D eigenvalue weighted by molar-refractivity contribution is 0.0777. The van der Waals surface area contributed by atoms with Crippen LogP contribution in [0.4, 0.5) is 0 Å². The van der Waals surface area contributed by atoms with Crippen LogP contribution >= 0.6 is 0 Å². The second-order valence-electron chi connectivity index (χ2n) is 6.66. The molecule has 0 aromatic carbocycles. The molecule has 0 saturated carbocycles. The third-order valence-corrected chi connectivity index (χ3v) is 4.22. The van der Waals surface area contributed by atoms with Crippen LogP contribution in [0.1, 0.15) is 52.3 Å². The molecule has 0 bridgehead atoms. The monoisotopic (exact) mass is 355 g/mol. The van der Waals surface area contributed by atoms with Crippen LogP contribution in [0.2, 0.25) is 0 Å². The van der Waals surface area contributed by atoms with Gasteiger partial charge in [0, 0.05) is 12.7 Å². The fraction of sp³-hybridized carbons (Fsp3) is 0.444. The van der Waals surface area contributed by atoms with Crippen LogP contribution in [0.15, 0.2) is 18.2 Å². The maximum atomic E-state index is 12.6. The normalized spacial score (nSPS) is 11.1. The number of aromatic nitrogens is 6. The minimum atomic E-state index is -0.132. The van der Waals surface area contributed by atoms with Crippen LogP contribution in [0, 0.1) is 13.8 Å². The van der Waals surface area contributed by atoms with Gasteiger partial charge in [-0.2, -0.15) is 15.3 Å².